The molecule has 0 aromatic carbocycles. The van der Waals surface area contributed by atoms with E-state index in [0.29, 0.717) is 10.8 Å². The van der Waals surface area contributed by atoms with Crippen molar-refractivity contribution in [3.8, 4) is 5.82 Å². The second-order valence-corrected chi connectivity index (χ2v) is 5.21. The van der Waals surface area contributed by atoms with Crippen molar-refractivity contribution in [1.82, 2.24) is 24.1 Å². The highest BCUT2D eigenvalue weighted by Gasteiger charge is 2.11. The summed E-state index contributed by atoms with van der Waals surface area (Å²) < 4.78 is 5.89. The third-order valence-corrected chi connectivity index (χ3v) is 3.62. The van der Waals surface area contributed by atoms with E-state index in [1.807, 2.05) is 13.8 Å². The van der Waals surface area contributed by atoms with Crippen LogP contribution in [0.25, 0.3) is 5.82 Å². The van der Waals surface area contributed by atoms with Gasteiger partial charge in [0.25, 0.3) is 5.91 Å². The number of rotatable bonds is 3. The topological polar surface area (TPSA) is 85.6 Å². The zero-order valence-corrected chi connectivity index (χ0v) is 12.3. The molecule has 0 aliphatic heterocycles. The average molecular weight is 300 g/mol. The first kappa shape index (κ1) is 13.4. The highest BCUT2D eigenvalue weighted by Crippen LogP contribution is 2.16. The summed E-state index contributed by atoms with van der Waals surface area (Å²) in [4.78, 5) is 16.2. The predicted octanol–water partition coefficient (Wildman–Crippen LogP) is 1.99. The molecule has 0 unspecified atom stereocenters. The number of imidazole rings is 1. The van der Waals surface area contributed by atoms with Gasteiger partial charge in [0.2, 0.25) is 0 Å². The summed E-state index contributed by atoms with van der Waals surface area (Å²) >= 11 is 1.23. The minimum Gasteiger partial charge on any atom is -0.311 e. The molecule has 0 saturated carbocycles. The SMILES string of the molecule is Cc1cc(NC(=O)c2ccc(-n3ccnc3C)nn2)sn1. The molecule has 106 valence electrons. The number of aryl methyl sites for hydroxylation is 2. The van der Waals surface area contributed by atoms with Crippen LogP contribution < -0.4 is 5.32 Å². The van der Waals surface area contributed by atoms with Crippen molar-refractivity contribution < 1.29 is 4.79 Å². The fourth-order valence-electron chi connectivity index (χ4n) is 1.79. The Morgan fingerprint density at radius 1 is 1.29 bits per heavy atom. The van der Waals surface area contributed by atoms with Gasteiger partial charge in [0.15, 0.2) is 11.5 Å². The fraction of sp³-hybridized carbons (Fsp3) is 0.154. The molecule has 3 heterocycles. The Kier molecular flexibility index (Phi) is 3.44. The Labute approximate surface area is 124 Å². The molecule has 1 amide bonds. The van der Waals surface area contributed by atoms with Crippen LogP contribution in [-0.4, -0.2) is 30.0 Å². The molecular weight excluding hydrogens is 288 g/mol. The lowest BCUT2D eigenvalue weighted by Crippen LogP contribution is -2.14. The van der Waals surface area contributed by atoms with Gasteiger partial charge in [-0.2, -0.15) is 4.37 Å². The number of hydrogen-bond acceptors (Lipinski definition) is 6. The summed E-state index contributed by atoms with van der Waals surface area (Å²) in [7, 11) is 0. The number of hydrogen-bond donors (Lipinski definition) is 1. The van der Waals surface area contributed by atoms with Gasteiger partial charge in [-0.15, -0.1) is 10.2 Å². The molecule has 0 fully saturated rings. The van der Waals surface area contributed by atoms with Crippen LogP contribution in [0, 0.1) is 13.8 Å². The van der Waals surface area contributed by atoms with Crippen LogP contribution in [0.1, 0.15) is 22.0 Å². The lowest BCUT2D eigenvalue weighted by molar-refractivity contribution is 0.102. The molecule has 0 bridgehead atoms. The second-order valence-electron chi connectivity index (χ2n) is 4.41. The molecule has 0 saturated heterocycles. The van der Waals surface area contributed by atoms with Crippen molar-refractivity contribution in [3.63, 3.8) is 0 Å². The second kappa shape index (κ2) is 5.41. The van der Waals surface area contributed by atoms with E-state index in [0.717, 1.165) is 11.5 Å². The molecule has 0 radical (unpaired) electrons. The first-order chi connectivity index (χ1) is 10.1. The third kappa shape index (κ3) is 2.79. The van der Waals surface area contributed by atoms with Gasteiger partial charge in [-0.05, 0) is 43.6 Å². The maximum Gasteiger partial charge on any atom is 0.276 e. The van der Waals surface area contributed by atoms with Crippen molar-refractivity contribution in [2.24, 2.45) is 0 Å². The number of carbonyl (C=O) groups is 1. The Bertz CT molecular complexity index is 776. The summed E-state index contributed by atoms with van der Waals surface area (Å²) in [6, 6.07) is 5.17. The van der Waals surface area contributed by atoms with E-state index in [1.54, 1.807) is 35.2 Å². The van der Waals surface area contributed by atoms with Crippen LogP contribution in [-0.2, 0) is 0 Å². The van der Waals surface area contributed by atoms with Gasteiger partial charge < -0.3 is 5.32 Å². The van der Waals surface area contributed by atoms with Gasteiger partial charge in [0.1, 0.15) is 10.8 Å². The van der Waals surface area contributed by atoms with Crippen LogP contribution in [0.2, 0.25) is 0 Å². The minimum absolute atomic E-state index is 0.252. The van der Waals surface area contributed by atoms with Crippen LogP contribution in [0.3, 0.4) is 0 Å². The molecule has 7 nitrogen and oxygen atoms in total. The zero-order chi connectivity index (χ0) is 14.8. The summed E-state index contributed by atoms with van der Waals surface area (Å²) in [5, 5.41) is 11.4. The first-order valence-corrected chi connectivity index (χ1v) is 6.99. The highest BCUT2D eigenvalue weighted by atomic mass is 32.1. The molecule has 0 aliphatic rings. The smallest absolute Gasteiger partial charge is 0.276 e. The molecule has 3 aromatic heterocycles. The summed E-state index contributed by atoms with van der Waals surface area (Å²) in [5.74, 6) is 1.12. The number of anilines is 1. The van der Waals surface area contributed by atoms with Crippen LogP contribution in [0.4, 0.5) is 5.00 Å². The molecule has 0 atom stereocenters. The summed E-state index contributed by atoms with van der Waals surface area (Å²) in [5.41, 5.74) is 1.12. The molecule has 0 aliphatic carbocycles. The van der Waals surface area contributed by atoms with E-state index in [4.69, 9.17) is 0 Å². The number of carbonyl (C=O) groups excluding carboxylic acids is 1. The molecule has 0 spiro atoms. The van der Waals surface area contributed by atoms with Gasteiger partial charge in [-0.3, -0.25) is 9.36 Å². The molecule has 8 heteroatoms. The van der Waals surface area contributed by atoms with Crippen molar-refractivity contribution in [3.05, 3.63) is 47.8 Å². The van der Waals surface area contributed by atoms with Crippen LogP contribution in [0.15, 0.2) is 30.6 Å². The van der Waals surface area contributed by atoms with Crippen molar-refractivity contribution >= 4 is 22.4 Å². The Hall–Kier alpha value is -2.61. The number of aromatic nitrogens is 5. The van der Waals surface area contributed by atoms with E-state index >= 15 is 0 Å². The lowest BCUT2D eigenvalue weighted by Gasteiger charge is -2.04. The molecule has 21 heavy (non-hydrogen) atoms. The standard InChI is InChI=1S/C13H12N6OS/c1-8-7-12(21-18-8)15-13(20)10-3-4-11(17-16-10)19-6-5-14-9(19)2/h3-7H,1-2H3,(H,15,20). The van der Waals surface area contributed by atoms with Crippen molar-refractivity contribution in [2.45, 2.75) is 13.8 Å². The first-order valence-electron chi connectivity index (χ1n) is 6.22. The van der Waals surface area contributed by atoms with Gasteiger partial charge in [0, 0.05) is 12.4 Å². The van der Waals surface area contributed by atoms with Gasteiger partial charge in [-0.25, -0.2) is 4.98 Å². The maximum atomic E-state index is 12.0. The Morgan fingerprint density at radius 2 is 2.14 bits per heavy atom. The zero-order valence-electron chi connectivity index (χ0n) is 11.4. The highest BCUT2D eigenvalue weighted by molar-refractivity contribution is 7.10. The lowest BCUT2D eigenvalue weighted by atomic mass is 10.3. The quantitative estimate of drug-likeness (QED) is 0.799. The van der Waals surface area contributed by atoms with E-state index in [9.17, 15) is 4.79 Å². The fourth-order valence-corrected chi connectivity index (χ4v) is 2.45. The van der Waals surface area contributed by atoms with Gasteiger partial charge >= 0.3 is 0 Å². The minimum atomic E-state index is -0.306. The third-order valence-electron chi connectivity index (χ3n) is 2.82. The number of amides is 1. The molecule has 3 aromatic rings. The maximum absolute atomic E-state index is 12.0. The summed E-state index contributed by atoms with van der Waals surface area (Å²) in [6.45, 7) is 3.74. The van der Waals surface area contributed by atoms with Crippen molar-refractivity contribution in [1.29, 1.82) is 0 Å². The van der Waals surface area contributed by atoms with E-state index in [-0.39, 0.29) is 11.6 Å². The van der Waals surface area contributed by atoms with Gasteiger partial charge in [-0.1, -0.05) is 0 Å². The van der Waals surface area contributed by atoms with Crippen LogP contribution in [0.5, 0.6) is 0 Å². The molecule has 3 rings (SSSR count). The average Bonchev–Trinajstić information content (AvgIpc) is 3.08. The van der Waals surface area contributed by atoms with Crippen molar-refractivity contribution in [2.75, 3.05) is 5.32 Å². The Morgan fingerprint density at radius 3 is 2.71 bits per heavy atom. The normalized spacial score (nSPS) is 10.6. The molecular formula is C13H12N6OS. The van der Waals surface area contributed by atoms with Gasteiger partial charge in [0.05, 0.1) is 5.69 Å². The van der Waals surface area contributed by atoms with E-state index < -0.39 is 0 Å². The van der Waals surface area contributed by atoms with E-state index in [1.165, 1.54) is 11.5 Å². The summed E-state index contributed by atoms with van der Waals surface area (Å²) in [6.07, 6.45) is 3.48. The Balaban J connectivity index is 1.78. The number of nitrogens with zero attached hydrogens (tertiary/aromatic N) is 5. The monoisotopic (exact) mass is 300 g/mol. The molecule has 1 N–H and O–H groups in total. The largest absolute Gasteiger partial charge is 0.311 e. The van der Waals surface area contributed by atoms with E-state index in [2.05, 4.69) is 24.9 Å². The predicted molar refractivity (Wildman–Crippen MR) is 78.7 cm³/mol. The van der Waals surface area contributed by atoms with Crippen LogP contribution >= 0.6 is 11.5 Å². The number of nitrogens with one attached hydrogen (secondary N) is 1.